The Morgan fingerprint density at radius 2 is 2.48 bits per heavy atom. The van der Waals surface area contributed by atoms with Crippen LogP contribution in [0.5, 0.6) is 0 Å². The molecule has 0 bridgehead atoms. The summed E-state index contributed by atoms with van der Waals surface area (Å²) in [4.78, 5) is 0. The number of hydrogen-bond donors (Lipinski definition) is 1. The highest BCUT2D eigenvalue weighted by atomic mass is 32.2. The standard InChI is InChI=1S/C16H25N3OS/c1-2-6-17-15(14-3-7-18-19-11-14)13-4-8-20-16(10-13)5-9-21-12-16/h3,7,11,13,15,17H,2,4-6,8-10,12H2,1H3. The van der Waals surface area contributed by atoms with Gasteiger partial charge in [0, 0.05) is 24.6 Å². The summed E-state index contributed by atoms with van der Waals surface area (Å²) in [6, 6.07) is 2.48. The van der Waals surface area contributed by atoms with Crippen LogP contribution in [0.25, 0.3) is 0 Å². The number of hydrogen-bond acceptors (Lipinski definition) is 5. The fraction of sp³-hybridized carbons (Fsp3) is 0.750. The van der Waals surface area contributed by atoms with E-state index in [9.17, 15) is 0 Å². The third kappa shape index (κ3) is 3.58. The third-order valence-electron chi connectivity index (χ3n) is 4.65. The number of aromatic nitrogens is 2. The maximum atomic E-state index is 6.17. The zero-order valence-corrected chi connectivity index (χ0v) is 13.6. The fourth-order valence-electron chi connectivity index (χ4n) is 3.55. The molecular weight excluding hydrogens is 282 g/mol. The Morgan fingerprint density at radius 3 is 3.19 bits per heavy atom. The van der Waals surface area contributed by atoms with E-state index in [-0.39, 0.29) is 5.60 Å². The number of thioether (sulfide) groups is 1. The summed E-state index contributed by atoms with van der Waals surface area (Å²) in [6.45, 7) is 4.16. The van der Waals surface area contributed by atoms with Crippen molar-refractivity contribution in [3.63, 3.8) is 0 Å². The Morgan fingerprint density at radius 1 is 1.52 bits per heavy atom. The van der Waals surface area contributed by atoms with Gasteiger partial charge in [-0.15, -0.1) is 0 Å². The molecule has 2 aliphatic rings. The lowest BCUT2D eigenvalue weighted by atomic mass is 9.79. The molecule has 3 rings (SSSR count). The molecule has 1 aromatic rings. The van der Waals surface area contributed by atoms with Crippen molar-refractivity contribution in [1.82, 2.24) is 15.5 Å². The smallest absolute Gasteiger partial charge is 0.0783 e. The zero-order valence-electron chi connectivity index (χ0n) is 12.8. The average Bonchev–Trinajstić information content (AvgIpc) is 2.97. The van der Waals surface area contributed by atoms with Crippen LogP contribution in [-0.4, -0.2) is 40.5 Å². The number of nitrogens with one attached hydrogen (secondary N) is 1. The highest BCUT2D eigenvalue weighted by molar-refractivity contribution is 7.99. The van der Waals surface area contributed by atoms with Crippen LogP contribution in [0.2, 0.25) is 0 Å². The van der Waals surface area contributed by atoms with E-state index in [2.05, 4.69) is 28.5 Å². The molecule has 2 aliphatic heterocycles. The topological polar surface area (TPSA) is 47.0 Å². The third-order valence-corrected chi connectivity index (χ3v) is 5.87. The van der Waals surface area contributed by atoms with Gasteiger partial charge in [0.05, 0.1) is 11.8 Å². The molecule has 2 fully saturated rings. The first-order chi connectivity index (χ1) is 10.3. The van der Waals surface area contributed by atoms with Gasteiger partial charge in [0.2, 0.25) is 0 Å². The van der Waals surface area contributed by atoms with Gasteiger partial charge in [-0.05, 0) is 55.5 Å². The van der Waals surface area contributed by atoms with Gasteiger partial charge in [-0.1, -0.05) is 6.92 Å². The summed E-state index contributed by atoms with van der Waals surface area (Å²) in [5.41, 5.74) is 1.41. The van der Waals surface area contributed by atoms with Crippen LogP contribution in [0.4, 0.5) is 0 Å². The summed E-state index contributed by atoms with van der Waals surface area (Å²) < 4.78 is 6.17. The second-order valence-electron chi connectivity index (χ2n) is 6.19. The summed E-state index contributed by atoms with van der Waals surface area (Å²) in [5, 5.41) is 11.7. The molecule has 0 aliphatic carbocycles. The van der Waals surface area contributed by atoms with Crippen LogP contribution < -0.4 is 5.32 Å². The predicted octanol–water partition coefficient (Wildman–Crippen LogP) is 2.82. The van der Waals surface area contributed by atoms with E-state index in [1.165, 1.54) is 29.9 Å². The lowest BCUT2D eigenvalue weighted by Crippen LogP contribution is -2.44. The summed E-state index contributed by atoms with van der Waals surface area (Å²) >= 11 is 2.04. The minimum Gasteiger partial charge on any atom is -0.374 e. The Labute approximate surface area is 131 Å². The molecule has 21 heavy (non-hydrogen) atoms. The summed E-state index contributed by atoms with van der Waals surface area (Å²) in [6.07, 6.45) is 8.39. The lowest BCUT2D eigenvalue weighted by Gasteiger charge is -2.41. The van der Waals surface area contributed by atoms with Gasteiger partial charge in [0.15, 0.2) is 0 Å². The Bertz CT molecular complexity index is 436. The second-order valence-corrected chi connectivity index (χ2v) is 7.30. The molecule has 3 heterocycles. The Hall–Kier alpha value is -0.650. The minimum atomic E-state index is 0.139. The first-order valence-electron chi connectivity index (χ1n) is 8.05. The second kappa shape index (κ2) is 7.07. The zero-order chi connectivity index (χ0) is 14.5. The molecule has 3 atom stereocenters. The molecule has 0 amide bonds. The maximum Gasteiger partial charge on any atom is 0.0783 e. The molecule has 1 aromatic heterocycles. The lowest BCUT2D eigenvalue weighted by molar-refractivity contribution is -0.0854. The average molecular weight is 307 g/mol. The van der Waals surface area contributed by atoms with Crippen LogP contribution in [0.3, 0.4) is 0 Å². The first kappa shape index (κ1) is 15.3. The fourth-order valence-corrected chi connectivity index (χ4v) is 4.93. The van der Waals surface area contributed by atoms with E-state index >= 15 is 0 Å². The van der Waals surface area contributed by atoms with Gasteiger partial charge in [-0.3, -0.25) is 0 Å². The van der Waals surface area contributed by atoms with Gasteiger partial charge >= 0.3 is 0 Å². The van der Waals surface area contributed by atoms with E-state index in [1.807, 2.05) is 18.0 Å². The molecule has 4 nitrogen and oxygen atoms in total. The number of rotatable bonds is 5. The molecule has 2 saturated heterocycles. The highest BCUT2D eigenvalue weighted by Gasteiger charge is 2.42. The van der Waals surface area contributed by atoms with Gasteiger partial charge in [0.1, 0.15) is 0 Å². The SMILES string of the molecule is CCCNC(c1ccnnc1)C1CCOC2(CCSC2)C1. The van der Waals surface area contributed by atoms with Crippen molar-refractivity contribution in [2.75, 3.05) is 24.7 Å². The van der Waals surface area contributed by atoms with Crippen molar-refractivity contribution in [2.45, 2.75) is 44.2 Å². The molecule has 0 saturated carbocycles. The molecule has 0 radical (unpaired) electrons. The van der Waals surface area contributed by atoms with Crippen LogP contribution in [0.15, 0.2) is 18.5 Å². The van der Waals surface area contributed by atoms with Crippen LogP contribution in [0.1, 0.15) is 44.2 Å². The monoisotopic (exact) mass is 307 g/mol. The highest BCUT2D eigenvalue weighted by Crippen LogP contribution is 2.43. The van der Waals surface area contributed by atoms with Crippen molar-refractivity contribution < 1.29 is 4.74 Å². The number of nitrogens with zero attached hydrogens (tertiary/aromatic N) is 2. The van der Waals surface area contributed by atoms with Gasteiger partial charge < -0.3 is 10.1 Å². The molecular formula is C16H25N3OS. The molecule has 0 aromatic carbocycles. The van der Waals surface area contributed by atoms with Crippen molar-refractivity contribution in [3.05, 3.63) is 24.0 Å². The van der Waals surface area contributed by atoms with E-state index in [0.29, 0.717) is 12.0 Å². The van der Waals surface area contributed by atoms with Crippen molar-refractivity contribution in [1.29, 1.82) is 0 Å². The van der Waals surface area contributed by atoms with Gasteiger partial charge in [0.25, 0.3) is 0 Å². The molecule has 116 valence electrons. The number of ether oxygens (including phenoxy) is 1. The maximum absolute atomic E-state index is 6.17. The first-order valence-corrected chi connectivity index (χ1v) is 9.20. The molecule has 1 N–H and O–H groups in total. The minimum absolute atomic E-state index is 0.139. The van der Waals surface area contributed by atoms with Crippen molar-refractivity contribution in [3.8, 4) is 0 Å². The Kier molecular flexibility index (Phi) is 5.14. The van der Waals surface area contributed by atoms with Crippen molar-refractivity contribution in [2.24, 2.45) is 5.92 Å². The van der Waals surface area contributed by atoms with E-state index in [0.717, 1.165) is 26.0 Å². The molecule has 1 spiro atoms. The van der Waals surface area contributed by atoms with Gasteiger partial charge in [-0.2, -0.15) is 22.0 Å². The van der Waals surface area contributed by atoms with Crippen LogP contribution in [-0.2, 0) is 4.74 Å². The summed E-state index contributed by atoms with van der Waals surface area (Å²) in [7, 11) is 0. The Balaban J connectivity index is 1.75. The van der Waals surface area contributed by atoms with Gasteiger partial charge in [-0.25, -0.2) is 0 Å². The normalized spacial score (nSPS) is 30.6. The van der Waals surface area contributed by atoms with Crippen LogP contribution in [0, 0.1) is 5.92 Å². The van der Waals surface area contributed by atoms with Crippen molar-refractivity contribution >= 4 is 11.8 Å². The largest absolute Gasteiger partial charge is 0.374 e. The molecule has 3 unspecified atom stereocenters. The quantitative estimate of drug-likeness (QED) is 0.906. The van der Waals surface area contributed by atoms with Crippen LogP contribution >= 0.6 is 11.8 Å². The van der Waals surface area contributed by atoms with E-state index in [1.54, 1.807) is 6.20 Å². The van der Waals surface area contributed by atoms with E-state index in [4.69, 9.17) is 4.74 Å². The molecule has 5 heteroatoms. The summed E-state index contributed by atoms with van der Waals surface area (Å²) in [5.74, 6) is 3.04. The predicted molar refractivity (Wildman–Crippen MR) is 86.4 cm³/mol. The van der Waals surface area contributed by atoms with E-state index < -0.39 is 0 Å².